The first-order valence-electron chi connectivity index (χ1n) is 4.58. The smallest absolute Gasteiger partial charge is 0.290 e. The summed E-state index contributed by atoms with van der Waals surface area (Å²) in [5, 5.41) is 1.28. The molecule has 0 aliphatic heterocycles. The molecule has 1 N–H and O–H groups in total. The standard InChI is InChI=1S/C10H7Cl2N3OS/c1-17-10-14-8(13-9(16)15-10)5-2-3-6(11)7(12)4-5/h2-4H,1H3,(H,13,14,15,16). The molecule has 0 atom stereocenters. The lowest BCUT2D eigenvalue weighted by molar-refractivity contribution is 0.872. The summed E-state index contributed by atoms with van der Waals surface area (Å²) in [6.45, 7) is 0. The first kappa shape index (κ1) is 12.4. The summed E-state index contributed by atoms with van der Waals surface area (Å²) >= 11 is 13.0. The van der Waals surface area contributed by atoms with E-state index in [1.165, 1.54) is 11.8 Å². The summed E-state index contributed by atoms with van der Waals surface area (Å²) in [4.78, 5) is 21.8. The maximum Gasteiger partial charge on any atom is 0.349 e. The van der Waals surface area contributed by atoms with Gasteiger partial charge in [-0.3, -0.25) is 4.98 Å². The Balaban J connectivity index is 2.55. The molecule has 1 aromatic heterocycles. The molecule has 0 amide bonds. The van der Waals surface area contributed by atoms with E-state index < -0.39 is 5.69 Å². The summed E-state index contributed by atoms with van der Waals surface area (Å²) in [6, 6.07) is 5.03. The lowest BCUT2D eigenvalue weighted by atomic mass is 10.2. The molecule has 0 radical (unpaired) electrons. The lowest BCUT2D eigenvalue weighted by Crippen LogP contribution is -2.13. The summed E-state index contributed by atoms with van der Waals surface area (Å²) in [6.07, 6.45) is 1.80. The van der Waals surface area contributed by atoms with Gasteiger partial charge in [-0.2, -0.15) is 4.98 Å². The lowest BCUT2D eigenvalue weighted by Gasteiger charge is -2.03. The van der Waals surface area contributed by atoms with Crippen LogP contribution in [0.5, 0.6) is 0 Å². The average Bonchev–Trinajstić information content (AvgIpc) is 2.32. The number of nitrogens with zero attached hydrogens (tertiary/aromatic N) is 2. The number of halogens is 2. The molecule has 4 nitrogen and oxygen atoms in total. The average molecular weight is 288 g/mol. The van der Waals surface area contributed by atoms with Gasteiger partial charge in [0.25, 0.3) is 0 Å². The number of H-pyrrole nitrogens is 1. The molecule has 2 rings (SSSR count). The van der Waals surface area contributed by atoms with Crippen molar-refractivity contribution in [2.24, 2.45) is 0 Å². The van der Waals surface area contributed by atoms with Gasteiger partial charge < -0.3 is 0 Å². The van der Waals surface area contributed by atoms with Gasteiger partial charge in [-0.25, -0.2) is 9.78 Å². The van der Waals surface area contributed by atoms with Gasteiger partial charge in [0.05, 0.1) is 10.0 Å². The van der Waals surface area contributed by atoms with Crippen molar-refractivity contribution in [1.82, 2.24) is 15.0 Å². The predicted molar refractivity (Wildman–Crippen MR) is 69.9 cm³/mol. The van der Waals surface area contributed by atoms with Crippen LogP contribution in [-0.2, 0) is 0 Å². The Morgan fingerprint density at radius 1 is 1.24 bits per heavy atom. The number of rotatable bonds is 2. The van der Waals surface area contributed by atoms with Crippen molar-refractivity contribution in [2.75, 3.05) is 6.26 Å². The van der Waals surface area contributed by atoms with Crippen molar-refractivity contribution < 1.29 is 0 Å². The molecule has 0 aliphatic carbocycles. The summed E-state index contributed by atoms with van der Waals surface area (Å²) < 4.78 is 0. The van der Waals surface area contributed by atoms with Gasteiger partial charge in [0.2, 0.25) is 0 Å². The van der Waals surface area contributed by atoms with Crippen LogP contribution in [0.1, 0.15) is 0 Å². The topological polar surface area (TPSA) is 58.6 Å². The molecule has 2 aromatic rings. The Kier molecular flexibility index (Phi) is 3.71. The van der Waals surface area contributed by atoms with E-state index in [-0.39, 0.29) is 0 Å². The van der Waals surface area contributed by atoms with Crippen LogP contribution in [0.25, 0.3) is 11.4 Å². The first-order valence-corrected chi connectivity index (χ1v) is 6.56. The summed E-state index contributed by atoms with van der Waals surface area (Å²) in [5.41, 5.74) is 0.250. The van der Waals surface area contributed by atoms with Crippen LogP contribution < -0.4 is 5.69 Å². The molecule has 1 aromatic carbocycles. The third kappa shape index (κ3) is 2.80. The quantitative estimate of drug-likeness (QED) is 0.863. The van der Waals surface area contributed by atoms with Gasteiger partial charge in [0, 0.05) is 5.56 Å². The first-order chi connectivity index (χ1) is 8.10. The fourth-order valence-electron chi connectivity index (χ4n) is 1.24. The van der Waals surface area contributed by atoms with Gasteiger partial charge in [-0.15, -0.1) is 0 Å². The highest BCUT2D eigenvalue weighted by Crippen LogP contribution is 2.26. The van der Waals surface area contributed by atoms with E-state index in [4.69, 9.17) is 23.2 Å². The van der Waals surface area contributed by atoms with Gasteiger partial charge in [-0.1, -0.05) is 35.0 Å². The zero-order valence-electron chi connectivity index (χ0n) is 8.70. The minimum absolute atomic E-state index is 0.411. The van der Waals surface area contributed by atoms with Crippen LogP contribution in [0.4, 0.5) is 0 Å². The minimum Gasteiger partial charge on any atom is -0.290 e. The largest absolute Gasteiger partial charge is 0.349 e. The van der Waals surface area contributed by atoms with E-state index in [1.807, 2.05) is 0 Å². The van der Waals surface area contributed by atoms with E-state index >= 15 is 0 Å². The Hall–Kier alpha value is -1.04. The van der Waals surface area contributed by atoms with Gasteiger partial charge >= 0.3 is 5.69 Å². The van der Waals surface area contributed by atoms with E-state index in [0.29, 0.717) is 26.6 Å². The number of aromatic nitrogens is 3. The van der Waals surface area contributed by atoms with E-state index in [1.54, 1.807) is 24.5 Å². The molecule has 0 saturated carbocycles. The molecule has 0 fully saturated rings. The van der Waals surface area contributed by atoms with Crippen LogP contribution >= 0.6 is 35.0 Å². The molecular formula is C10H7Cl2N3OS. The second-order valence-electron chi connectivity index (χ2n) is 3.12. The second-order valence-corrected chi connectivity index (χ2v) is 4.71. The van der Waals surface area contributed by atoms with E-state index in [9.17, 15) is 4.79 Å². The maximum atomic E-state index is 11.3. The normalized spacial score (nSPS) is 10.5. The Morgan fingerprint density at radius 3 is 2.65 bits per heavy atom. The van der Waals surface area contributed by atoms with Crippen molar-refractivity contribution in [1.29, 1.82) is 0 Å². The Morgan fingerprint density at radius 2 is 2.00 bits per heavy atom. The third-order valence-corrected chi connectivity index (χ3v) is 3.29. The molecule has 7 heteroatoms. The van der Waals surface area contributed by atoms with Crippen molar-refractivity contribution in [2.45, 2.75) is 5.16 Å². The Labute approximate surface area is 111 Å². The maximum absolute atomic E-state index is 11.3. The van der Waals surface area contributed by atoms with Gasteiger partial charge in [-0.05, 0) is 24.5 Å². The van der Waals surface area contributed by atoms with Crippen LogP contribution in [0.2, 0.25) is 10.0 Å². The number of hydrogen-bond acceptors (Lipinski definition) is 4. The van der Waals surface area contributed by atoms with E-state index in [0.717, 1.165) is 0 Å². The van der Waals surface area contributed by atoms with Crippen molar-refractivity contribution in [3.8, 4) is 11.4 Å². The Bertz CT molecular complexity index is 615. The molecule has 0 unspecified atom stereocenters. The SMILES string of the molecule is CSc1nc(-c2ccc(Cl)c(Cl)c2)[nH]c(=O)n1. The van der Waals surface area contributed by atoms with Crippen molar-refractivity contribution in [3.05, 3.63) is 38.7 Å². The number of nitrogens with one attached hydrogen (secondary N) is 1. The fourth-order valence-corrected chi connectivity index (χ4v) is 1.89. The number of thioether (sulfide) groups is 1. The minimum atomic E-state index is -0.439. The van der Waals surface area contributed by atoms with Gasteiger partial charge in [0.15, 0.2) is 5.16 Å². The molecule has 88 valence electrons. The summed E-state index contributed by atoms with van der Waals surface area (Å²) in [7, 11) is 0. The molecule has 0 saturated heterocycles. The molecule has 17 heavy (non-hydrogen) atoms. The van der Waals surface area contributed by atoms with E-state index in [2.05, 4.69) is 15.0 Å². The van der Waals surface area contributed by atoms with Crippen molar-refractivity contribution >= 4 is 35.0 Å². The summed E-state index contributed by atoms with van der Waals surface area (Å²) in [5.74, 6) is 0.424. The second kappa shape index (κ2) is 5.08. The van der Waals surface area contributed by atoms with Crippen LogP contribution in [0, 0.1) is 0 Å². The molecule has 0 spiro atoms. The number of hydrogen-bond donors (Lipinski definition) is 1. The fraction of sp³-hybridized carbons (Fsp3) is 0.100. The number of aromatic amines is 1. The molecular weight excluding hydrogens is 281 g/mol. The third-order valence-electron chi connectivity index (χ3n) is 2.01. The highest BCUT2D eigenvalue weighted by atomic mass is 35.5. The van der Waals surface area contributed by atoms with Crippen LogP contribution in [0.15, 0.2) is 28.2 Å². The van der Waals surface area contributed by atoms with Crippen molar-refractivity contribution in [3.63, 3.8) is 0 Å². The molecule has 0 bridgehead atoms. The molecule has 0 aliphatic rings. The van der Waals surface area contributed by atoms with Crippen LogP contribution in [0.3, 0.4) is 0 Å². The van der Waals surface area contributed by atoms with Crippen LogP contribution in [-0.4, -0.2) is 21.2 Å². The predicted octanol–water partition coefficient (Wildman–Crippen LogP) is 2.86. The highest BCUT2D eigenvalue weighted by Gasteiger charge is 2.06. The highest BCUT2D eigenvalue weighted by molar-refractivity contribution is 7.98. The zero-order chi connectivity index (χ0) is 12.4. The zero-order valence-corrected chi connectivity index (χ0v) is 11.0. The monoisotopic (exact) mass is 287 g/mol. The molecule has 1 heterocycles. The number of benzene rings is 1. The van der Waals surface area contributed by atoms with Gasteiger partial charge in [0.1, 0.15) is 5.82 Å².